The lowest BCUT2D eigenvalue weighted by Crippen LogP contribution is -2.63. The third-order valence-electron chi connectivity index (χ3n) is 19.8. The highest BCUT2D eigenvalue weighted by Crippen LogP contribution is 2.22. The molecular formula is C75H117N17O20. The van der Waals surface area contributed by atoms with Gasteiger partial charge in [-0.05, 0) is 126 Å². The molecule has 1 aliphatic rings. The molecule has 2 heterocycles. The topological polar surface area (TPSA) is 603 Å². The molecule has 1 aliphatic heterocycles. The predicted octanol–water partition coefficient (Wildman–Crippen LogP) is -3.11. The van der Waals surface area contributed by atoms with Crippen molar-refractivity contribution in [1.29, 1.82) is 0 Å². The second-order valence-corrected chi connectivity index (χ2v) is 28.6. The van der Waals surface area contributed by atoms with Crippen molar-refractivity contribution < 1.29 is 97.8 Å². The molecule has 0 spiro atoms. The van der Waals surface area contributed by atoms with Gasteiger partial charge in [-0.15, -0.1) is 0 Å². The van der Waals surface area contributed by atoms with Gasteiger partial charge in [0.2, 0.25) is 70.9 Å². The number of aliphatic hydroxyl groups is 3. The molecule has 0 radical (unpaired) electrons. The molecule has 0 unspecified atom stereocenters. The lowest BCUT2D eigenvalue weighted by Gasteiger charge is -2.31. The van der Waals surface area contributed by atoms with Crippen molar-refractivity contribution in [3.8, 4) is 5.75 Å². The minimum Gasteiger partial charge on any atom is -0.508 e. The molecule has 24 N–H and O–H groups in total. The summed E-state index contributed by atoms with van der Waals surface area (Å²) in [4.78, 5) is 204. The molecule has 1 aromatic heterocycles. The Labute approximate surface area is 651 Å². The van der Waals surface area contributed by atoms with Crippen LogP contribution < -0.4 is 75.7 Å². The number of aromatic nitrogens is 2. The van der Waals surface area contributed by atoms with Crippen LogP contribution in [0.25, 0.3) is 0 Å². The molecule has 1 saturated heterocycles. The number of phenolic OH excluding ortho intramolecular Hbond substituents is 1. The maximum Gasteiger partial charge on any atom is 0.326 e. The summed E-state index contributed by atoms with van der Waals surface area (Å²) < 4.78 is 0. The van der Waals surface area contributed by atoms with E-state index in [1.807, 2.05) is 0 Å². The van der Waals surface area contributed by atoms with Crippen molar-refractivity contribution in [3.63, 3.8) is 0 Å². The fraction of sp³-hybridized carbons (Fsp3) is 0.613. The fourth-order valence-electron chi connectivity index (χ4n) is 12.4. The summed E-state index contributed by atoms with van der Waals surface area (Å²) in [5.41, 5.74) is 18.7. The van der Waals surface area contributed by atoms with E-state index in [1.165, 1.54) is 36.8 Å². The number of aliphatic hydroxyl groups excluding tert-OH is 3. The fourth-order valence-corrected chi connectivity index (χ4v) is 12.4. The molecule has 0 aliphatic carbocycles. The lowest BCUT2D eigenvalue weighted by atomic mass is 9.93. The number of carboxylic acid groups (broad SMARTS) is 2. The molecule has 12 amide bonds. The first-order valence-corrected chi connectivity index (χ1v) is 38.1. The third kappa shape index (κ3) is 30.1. The van der Waals surface area contributed by atoms with Gasteiger partial charge >= 0.3 is 11.9 Å². The largest absolute Gasteiger partial charge is 0.508 e. The molecule has 37 nitrogen and oxygen atoms in total. The number of phenols is 1. The maximum absolute atomic E-state index is 15.0. The summed E-state index contributed by atoms with van der Waals surface area (Å²) in [7, 11) is 0. The second-order valence-electron chi connectivity index (χ2n) is 28.6. The van der Waals surface area contributed by atoms with Gasteiger partial charge < -0.3 is 116 Å². The number of carbonyl (C=O) groups is 14. The second kappa shape index (κ2) is 47.9. The number of hydrogen-bond acceptors (Lipinski definition) is 22. The molecule has 18 atom stereocenters. The van der Waals surface area contributed by atoms with Gasteiger partial charge in [0.25, 0.3) is 0 Å². The Morgan fingerprint density at radius 1 is 0.500 bits per heavy atom. The van der Waals surface area contributed by atoms with E-state index >= 15 is 4.79 Å². The number of H-pyrrole nitrogens is 1. The highest BCUT2D eigenvalue weighted by Gasteiger charge is 2.43. The summed E-state index contributed by atoms with van der Waals surface area (Å²) in [5.74, 6) is -15.9. The summed E-state index contributed by atoms with van der Waals surface area (Å²) >= 11 is 0. The third-order valence-corrected chi connectivity index (χ3v) is 19.8. The lowest BCUT2D eigenvalue weighted by molar-refractivity contribution is -0.144. The van der Waals surface area contributed by atoms with Crippen molar-refractivity contribution in [1.82, 2.24) is 73.4 Å². The number of rotatable bonds is 50. The molecular weight excluding hydrogens is 1460 g/mol. The van der Waals surface area contributed by atoms with E-state index in [0.29, 0.717) is 42.5 Å². The van der Waals surface area contributed by atoms with Crippen molar-refractivity contribution in [3.05, 3.63) is 83.9 Å². The van der Waals surface area contributed by atoms with E-state index < -0.39 is 211 Å². The average molecular weight is 1580 g/mol. The van der Waals surface area contributed by atoms with Crippen molar-refractivity contribution in [2.75, 3.05) is 26.2 Å². The standard InChI is InChI=1S/C75H117N17O20/c1-9-40(4)58(70(106)88-59(41(5)10-2)71(107)89-60(75(111)112)42(6)11-3)87-68(104)54(34-45-20-13-12-14-21-45)85-67(103)53(35-46-25-27-48(96)28-26-46)84-64(100)50(22-15-17-31-76)82-72(108)61(43(7)94)90-66(102)51(23-16-18-32-77)81-65(101)52(29-30-57(97)98)83-73(109)62(44(8)95)91-69(105)56-24-19-33-92(56)74(110)55(36-47-37-79-39-80-47)86-63(99)49(78)38-93/h12-14,20-21,25-28,37,39-44,49-56,58-62,93-96H,9-11,15-19,22-24,29-36,38,76-78H2,1-8H3,(H,79,80)(H,81,101)(H,82,108)(H,83,109)(H,84,100)(H,85,103)(H,86,99)(H,87,104)(H,88,106)(H,89,107)(H,90,102)(H,91,105)(H,97,98)(H,111,112)/t40-,41-,42-,43+,44+,49-,50-,51-,52-,53-,54-,55-,56-,58-,59-,60-,61-,62-/m0/s1. The minimum absolute atomic E-state index is 0.00397. The summed E-state index contributed by atoms with van der Waals surface area (Å²) in [6.45, 7) is 12.1. The van der Waals surface area contributed by atoms with E-state index in [1.54, 1.807) is 71.9 Å². The molecule has 2 aromatic carbocycles. The highest BCUT2D eigenvalue weighted by molar-refractivity contribution is 6.00. The van der Waals surface area contributed by atoms with E-state index in [4.69, 9.17) is 17.2 Å². The monoisotopic (exact) mass is 1580 g/mol. The first-order chi connectivity index (χ1) is 53.1. The first-order valence-electron chi connectivity index (χ1n) is 38.1. The molecule has 622 valence electrons. The summed E-state index contributed by atoms with van der Waals surface area (Å²) in [5, 5.41) is 90.0. The van der Waals surface area contributed by atoms with Gasteiger partial charge in [0.05, 0.1) is 30.8 Å². The van der Waals surface area contributed by atoms with Gasteiger partial charge in [0.15, 0.2) is 0 Å². The van der Waals surface area contributed by atoms with Crippen LogP contribution >= 0.6 is 0 Å². The molecule has 4 rings (SSSR count). The number of amides is 12. The number of carbonyl (C=O) groups excluding carboxylic acids is 12. The number of aromatic hydroxyl groups is 1. The smallest absolute Gasteiger partial charge is 0.326 e. The Kier molecular flexibility index (Phi) is 40.3. The number of hydrogen-bond donors (Lipinski definition) is 21. The van der Waals surface area contributed by atoms with Gasteiger partial charge in [-0.3, -0.25) is 62.3 Å². The first kappa shape index (κ1) is 94.2. The van der Waals surface area contributed by atoms with Gasteiger partial charge in [-0.1, -0.05) is 103 Å². The van der Waals surface area contributed by atoms with Crippen LogP contribution in [-0.2, 0) is 86.4 Å². The van der Waals surface area contributed by atoms with Crippen LogP contribution in [0.5, 0.6) is 5.75 Å². The van der Waals surface area contributed by atoms with Crippen molar-refractivity contribution >= 4 is 82.8 Å². The summed E-state index contributed by atoms with van der Waals surface area (Å²) in [6, 6.07) is -5.61. The predicted molar refractivity (Wildman–Crippen MR) is 407 cm³/mol. The van der Waals surface area contributed by atoms with E-state index in [9.17, 15) is 93.0 Å². The maximum atomic E-state index is 15.0. The number of aromatic amines is 1. The van der Waals surface area contributed by atoms with E-state index in [-0.39, 0.29) is 89.6 Å². The van der Waals surface area contributed by atoms with Gasteiger partial charge in [0.1, 0.15) is 84.3 Å². The summed E-state index contributed by atoms with van der Waals surface area (Å²) in [6.07, 6.45) is -0.673. The van der Waals surface area contributed by atoms with Crippen LogP contribution in [0.15, 0.2) is 67.1 Å². The van der Waals surface area contributed by atoms with Gasteiger partial charge in [0, 0.05) is 38.4 Å². The van der Waals surface area contributed by atoms with Crippen LogP contribution in [0.3, 0.4) is 0 Å². The Morgan fingerprint density at radius 2 is 0.911 bits per heavy atom. The molecule has 1 fully saturated rings. The molecule has 0 bridgehead atoms. The number of nitrogens with one attached hydrogen (secondary N) is 12. The zero-order chi connectivity index (χ0) is 83.5. The average Bonchev–Trinajstić information content (AvgIpc) is 1.62. The molecule has 37 heteroatoms. The van der Waals surface area contributed by atoms with E-state index in [2.05, 4.69) is 68.5 Å². The molecule has 112 heavy (non-hydrogen) atoms. The van der Waals surface area contributed by atoms with Crippen LogP contribution in [0.4, 0.5) is 0 Å². The zero-order valence-corrected chi connectivity index (χ0v) is 64.9. The Balaban J connectivity index is 1.64. The Bertz CT molecular complexity index is 3570. The van der Waals surface area contributed by atoms with Crippen LogP contribution in [-0.4, -0.2) is 245 Å². The normalized spacial score (nSPS) is 17.2. The quantitative estimate of drug-likeness (QED) is 0.0249. The minimum atomic E-state index is -1.91. The molecule has 0 saturated carbocycles. The number of likely N-dealkylation sites (tertiary alicyclic amines) is 1. The number of nitrogens with zero attached hydrogens (tertiary/aromatic N) is 2. The molecule has 3 aromatic rings. The SMILES string of the molecule is CC[C@H](C)[C@H](NC(=O)[C@@H](NC(=O)[C@@H](NC(=O)[C@H](Cc1ccccc1)NC(=O)[C@H](Cc1ccc(O)cc1)NC(=O)[C@H](CCCCN)NC(=O)[C@@H](NC(=O)[C@H](CCCCN)NC(=O)[C@H](CCC(=O)O)NC(=O)[C@@H](NC(=O)[C@@H]1CCCN1C(=O)[C@H](Cc1c[nH]cn1)NC(=O)[C@@H](N)CO)[C@@H](C)O)[C@@H](C)O)[C@@H](C)CC)[C@@H](C)CC)C(=O)O. The number of benzene rings is 2. The van der Waals surface area contributed by atoms with Crippen molar-refractivity contribution in [2.45, 2.75) is 249 Å². The number of unbranched alkanes of at least 4 members (excludes halogenated alkanes) is 2. The number of nitrogens with two attached hydrogens (primary N) is 3. The number of aliphatic carboxylic acids is 2. The number of imidazole rings is 1. The highest BCUT2D eigenvalue weighted by atomic mass is 16.4. The van der Waals surface area contributed by atoms with Crippen LogP contribution in [0, 0.1) is 17.8 Å². The van der Waals surface area contributed by atoms with Crippen molar-refractivity contribution in [2.24, 2.45) is 35.0 Å². The van der Waals surface area contributed by atoms with Crippen LogP contribution in [0.1, 0.15) is 156 Å². The van der Waals surface area contributed by atoms with Gasteiger partial charge in [-0.25, -0.2) is 9.78 Å². The Hall–Kier alpha value is -10.2. The Morgan fingerprint density at radius 3 is 1.38 bits per heavy atom. The number of carboxylic acids is 2. The van der Waals surface area contributed by atoms with E-state index in [0.717, 1.165) is 18.7 Å². The van der Waals surface area contributed by atoms with Crippen LogP contribution in [0.2, 0.25) is 0 Å². The van der Waals surface area contributed by atoms with Gasteiger partial charge in [-0.2, -0.15) is 0 Å². The zero-order valence-electron chi connectivity index (χ0n) is 64.9.